The Morgan fingerprint density at radius 2 is 2.11 bits per heavy atom. The molecule has 0 fully saturated rings. The number of carboxylic acids is 1. The number of nitrogens with one attached hydrogen (secondary N) is 1. The number of hydrogen-bond acceptors (Lipinski definition) is 3. The van der Waals surface area contributed by atoms with Gasteiger partial charge in [-0.1, -0.05) is 19.4 Å². The van der Waals surface area contributed by atoms with Gasteiger partial charge >= 0.3 is 5.97 Å². The molecule has 0 aromatic heterocycles. The Morgan fingerprint density at radius 1 is 1.42 bits per heavy atom. The number of halogens is 2. The van der Waals surface area contributed by atoms with E-state index in [0.717, 1.165) is 12.1 Å². The molecule has 19 heavy (non-hydrogen) atoms. The van der Waals surface area contributed by atoms with Gasteiger partial charge in [-0.15, -0.1) is 0 Å². The molecule has 0 aliphatic carbocycles. The first-order valence-electron chi connectivity index (χ1n) is 6.05. The van der Waals surface area contributed by atoms with Crippen molar-refractivity contribution < 1.29 is 23.8 Å². The molecule has 0 spiro atoms. The number of carboxylic acid groups (broad SMARTS) is 1. The summed E-state index contributed by atoms with van der Waals surface area (Å²) in [6, 6.07) is 2.08. The fourth-order valence-corrected chi connectivity index (χ4v) is 1.74. The summed E-state index contributed by atoms with van der Waals surface area (Å²) in [4.78, 5) is 10.9. The third-order valence-corrected chi connectivity index (χ3v) is 2.75. The summed E-state index contributed by atoms with van der Waals surface area (Å²) in [6.45, 7) is 1.73. The van der Waals surface area contributed by atoms with Gasteiger partial charge in [0.15, 0.2) is 0 Å². The number of rotatable bonds is 7. The summed E-state index contributed by atoms with van der Waals surface area (Å²) >= 11 is 0. The molecule has 1 aromatic carbocycles. The average Bonchev–Trinajstić information content (AvgIpc) is 2.33. The highest BCUT2D eigenvalue weighted by Crippen LogP contribution is 2.17. The van der Waals surface area contributed by atoms with Crippen LogP contribution in [0, 0.1) is 11.6 Å². The Balaban J connectivity index is 2.63. The maximum atomic E-state index is 13.4. The van der Waals surface area contributed by atoms with E-state index in [-0.39, 0.29) is 12.1 Å². The number of benzene rings is 1. The molecule has 0 bridgehead atoms. The maximum absolute atomic E-state index is 13.4. The van der Waals surface area contributed by atoms with Crippen molar-refractivity contribution in [2.75, 3.05) is 6.54 Å². The van der Waals surface area contributed by atoms with Crippen molar-refractivity contribution in [1.82, 2.24) is 5.32 Å². The topological polar surface area (TPSA) is 69.6 Å². The summed E-state index contributed by atoms with van der Waals surface area (Å²) in [6.07, 6.45) is -0.141. The number of hydrogen-bond donors (Lipinski definition) is 3. The standard InChI is InChI=1S/C13H17F2NO3/c1-2-3-11(13(18)19)16-7-12(17)9-5-4-8(14)6-10(9)15/h4-6,11-12,16-17H,2-3,7H2,1H3,(H,18,19)/t11-,12?/m0/s1. The van der Waals surface area contributed by atoms with Crippen molar-refractivity contribution in [3.05, 3.63) is 35.4 Å². The first kappa shape index (κ1) is 15.5. The van der Waals surface area contributed by atoms with Crippen molar-refractivity contribution in [3.8, 4) is 0 Å². The van der Waals surface area contributed by atoms with Crippen LogP contribution in [0.15, 0.2) is 18.2 Å². The minimum absolute atomic E-state index is 0.0606. The van der Waals surface area contributed by atoms with Crippen LogP contribution in [0.4, 0.5) is 8.78 Å². The van der Waals surface area contributed by atoms with E-state index < -0.39 is 29.7 Å². The number of aliphatic hydroxyl groups excluding tert-OH is 1. The van der Waals surface area contributed by atoms with Gasteiger partial charge < -0.3 is 15.5 Å². The zero-order chi connectivity index (χ0) is 14.4. The van der Waals surface area contributed by atoms with Crippen LogP contribution >= 0.6 is 0 Å². The Hall–Kier alpha value is -1.53. The lowest BCUT2D eigenvalue weighted by molar-refractivity contribution is -0.139. The van der Waals surface area contributed by atoms with Gasteiger partial charge in [-0.05, 0) is 12.5 Å². The van der Waals surface area contributed by atoms with Crippen molar-refractivity contribution in [2.45, 2.75) is 31.9 Å². The molecule has 106 valence electrons. The van der Waals surface area contributed by atoms with Gasteiger partial charge in [-0.2, -0.15) is 0 Å². The molecule has 1 aromatic rings. The van der Waals surface area contributed by atoms with Crippen LogP contribution in [0.3, 0.4) is 0 Å². The summed E-state index contributed by atoms with van der Waals surface area (Å²) in [5.41, 5.74) is -0.0606. The van der Waals surface area contributed by atoms with Gasteiger partial charge in [0.05, 0.1) is 6.10 Å². The molecule has 6 heteroatoms. The first-order valence-corrected chi connectivity index (χ1v) is 6.05. The van der Waals surface area contributed by atoms with E-state index in [4.69, 9.17) is 5.11 Å². The van der Waals surface area contributed by atoms with Crippen LogP contribution in [-0.4, -0.2) is 28.8 Å². The Morgan fingerprint density at radius 3 is 2.63 bits per heavy atom. The number of aliphatic carboxylic acids is 1. The fourth-order valence-electron chi connectivity index (χ4n) is 1.74. The van der Waals surface area contributed by atoms with Crippen molar-refractivity contribution >= 4 is 5.97 Å². The second-order valence-electron chi connectivity index (χ2n) is 4.27. The molecule has 4 nitrogen and oxygen atoms in total. The molecule has 0 radical (unpaired) electrons. The maximum Gasteiger partial charge on any atom is 0.320 e. The highest BCUT2D eigenvalue weighted by Gasteiger charge is 2.19. The Kier molecular flexibility index (Phi) is 5.85. The predicted molar refractivity (Wildman–Crippen MR) is 65.7 cm³/mol. The lowest BCUT2D eigenvalue weighted by Gasteiger charge is -2.17. The first-order chi connectivity index (χ1) is 8.95. The summed E-state index contributed by atoms with van der Waals surface area (Å²) in [7, 11) is 0. The van der Waals surface area contributed by atoms with E-state index in [1.54, 1.807) is 0 Å². The summed E-state index contributed by atoms with van der Waals surface area (Å²) < 4.78 is 26.1. The van der Waals surface area contributed by atoms with Gasteiger partial charge in [-0.25, -0.2) is 8.78 Å². The van der Waals surface area contributed by atoms with Crippen molar-refractivity contribution in [2.24, 2.45) is 0 Å². The molecule has 0 saturated carbocycles. The third-order valence-electron chi connectivity index (χ3n) is 2.75. The molecule has 0 amide bonds. The zero-order valence-electron chi connectivity index (χ0n) is 10.6. The number of aliphatic hydroxyl groups is 1. The number of carbonyl (C=O) groups is 1. The zero-order valence-corrected chi connectivity index (χ0v) is 10.6. The SMILES string of the molecule is CCC[C@H](NCC(O)c1ccc(F)cc1F)C(=O)O. The molecule has 3 N–H and O–H groups in total. The van der Waals surface area contributed by atoms with E-state index in [2.05, 4.69) is 5.32 Å². The molecule has 0 aliphatic rings. The largest absolute Gasteiger partial charge is 0.480 e. The molecule has 0 heterocycles. The molecule has 1 rings (SSSR count). The smallest absolute Gasteiger partial charge is 0.320 e. The molecule has 1 unspecified atom stereocenters. The second kappa shape index (κ2) is 7.16. The van der Waals surface area contributed by atoms with Gasteiger partial charge in [-0.3, -0.25) is 4.79 Å². The summed E-state index contributed by atoms with van der Waals surface area (Å²) in [5, 5.41) is 21.3. The Labute approximate surface area is 110 Å². The van der Waals surface area contributed by atoms with Crippen LogP contribution in [0.2, 0.25) is 0 Å². The second-order valence-corrected chi connectivity index (χ2v) is 4.27. The van der Waals surface area contributed by atoms with E-state index in [1.807, 2.05) is 6.92 Å². The van der Waals surface area contributed by atoms with Gasteiger partial charge in [0, 0.05) is 18.2 Å². The molecule has 2 atom stereocenters. The monoisotopic (exact) mass is 273 g/mol. The lowest BCUT2D eigenvalue weighted by atomic mass is 10.1. The van der Waals surface area contributed by atoms with Gasteiger partial charge in [0.1, 0.15) is 17.7 Å². The molecule has 0 aliphatic heterocycles. The minimum Gasteiger partial charge on any atom is -0.480 e. The van der Waals surface area contributed by atoms with Crippen LogP contribution in [-0.2, 0) is 4.79 Å². The predicted octanol–water partition coefficient (Wildman–Crippen LogP) is 1.84. The lowest BCUT2D eigenvalue weighted by Crippen LogP contribution is -2.39. The highest BCUT2D eigenvalue weighted by atomic mass is 19.1. The average molecular weight is 273 g/mol. The van der Waals surface area contributed by atoms with E-state index >= 15 is 0 Å². The van der Waals surface area contributed by atoms with E-state index in [9.17, 15) is 18.7 Å². The molecular formula is C13H17F2NO3. The van der Waals surface area contributed by atoms with Gasteiger partial charge in [0.2, 0.25) is 0 Å². The Bertz CT molecular complexity index is 440. The highest BCUT2D eigenvalue weighted by molar-refractivity contribution is 5.73. The van der Waals surface area contributed by atoms with Gasteiger partial charge in [0.25, 0.3) is 0 Å². The van der Waals surface area contributed by atoms with Crippen LogP contribution in [0.25, 0.3) is 0 Å². The van der Waals surface area contributed by atoms with Crippen LogP contribution in [0.1, 0.15) is 31.4 Å². The van der Waals surface area contributed by atoms with Crippen LogP contribution < -0.4 is 5.32 Å². The third kappa shape index (κ3) is 4.57. The molecule has 0 saturated heterocycles. The normalized spacial score (nSPS) is 14.1. The summed E-state index contributed by atoms with van der Waals surface area (Å²) in [5.74, 6) is -2.60. The van der Waals surface area contributed by atoms with Crippen molar-refractivity contribution in [1.29, 1.82) is 0 Å². The fraction of sp³-hybridized carbons (Fsp3) is 0.462. The minimum atomic E-state index is -1.22. The van der Waals surface area contributed by atoms with Crippen LogP contribution in [0.5, 0.6) is 0 Å². The van der Waals surface area contributed by atoms with Crippen molar-refractivity contribution in [3.63, 3.8) is 0 Å². The van der Waals surface area contributed by atoms with E-state index in [1.165, 1.54) is 0 Å². The molecular weight excluding hydrogens is 256 g/mol. The van der Waals surface area contributed by atoms with E-state index in [0.29, 0.717) is 18.9 Å². The quantitative estimate of drug-likeness (QED) is 0.709.